The van der Waals surface area contributed by atoms with Crippen LogP contribution in [-0.2, 0) is 0 Å². The Kier molecular flexibility index (Phi) is 4.24. The molecule has 0 spiro atoms. The van der Waals surface area contributed by atoms with Gasteiger partial charge < -0.3 is 10.8 Å². The lowest BCUT2D eigenvalue weighted by Crippen LogP contribution is -2.10. The summed E-state index contributed by atoms with van der Waals surface area (Å²) in [5.74, 6) is 0.334. The minimum absolute atomic E-state index is 0.00740. The molecule has 0 radical (unpaired) electrons. The van der Waals surface area contributed by atoms with E-state index in [2.05, 4.69) is 16.9 Å². The van der Waals surface area contributed by atoms with E-state index >= 15 is 0 Å². The van der Waals surface area contributed by atoms with Crippen molar-refractivity contribution in [1.82, 2.24) is 9.97 Å². The maximum Gasteiger partial charge on any atom is 0.341 e. The van der Waals surface area contributed by atoms with Crippen LogP contribution in [0.3, 0.4) is 0 Å². The summed E-state index contributed by atoms with van der Waals surface area (Å²) in [6.07, 6.45) is 0. The Labute approximate surface area is 121 Å². The van der Waals surface area contributed by atoms with Crippen LogP contribution in [-0.4, -0.2) is 26.8 Å². The number of anilines is 1. The number of hydrogen-bond acceptors (Lipinski definition) is 5. The van der Waals surface area contributed by atoms with Crippen molar-refractivity contribution >= 4 is 23.5 Å². The van der Waals surface area contributed by atoms with Crippen molar-refractivity contribution in [2.75, 3.05) is 11.5 Å². The first-order valence-electron chi connectivity index (χ1n) is 6.13. The molecule has 1 aromatic carbocycles. The number of aromatic carboxylic acids is 1. The molecule has 1 aromatic heterocycles. The number of rotatable bonds is 4. The molecule has 3 N–H and O–H groups in total. The van der Waals surface area contributed by atoms with Crippen LogP contribution in [0.4, 0.5) is 5.82 Å². The second-order valence-electron chi connectivity index (χ2n) is 4.16. The van der Waals surface area contributed by atoms with Gasteiger partial charge in [0.1, 0.15) is 11.4 Å². The SMILES string of the molecule is CCSc1ccc(-c2nc(C)c(C(=O)O)c(N)n2)cc1. The number of nitrogens with two attached hydrogens (primary N) is 1. The number of carbonyl (C=O) groups is 1. The number of aromatic nitrogens is 2. The van der Waals surface area contributed by atoms with Crippen LogP contribution in [0.2, 0.25) is 0 Å². The fourth-order valence-corrected chi connectivity index (χ4v) is 2.52. The molecular formula is C14H15N3O2S. The van der Waals surface area contributed by atoms with Crippen molar-refractivity contribution in [3.8, 4) is 11.4 Å². The predicted molar refractivity (Wildman–Crippen MR) is 80.0 cm³/mol. The number of nitrogen functional groups attached to an aromatic ring is 1. The van der Waals surface area contributed by atoms with E-state index in [0.29, 0.717) is 11.5 Å². The van der Waals surface area contributed by atoms with Crippen LogP contribution < -0.4 is 5.73 Å². The smallest absolute Gasteiger partial charge is 0.341 e. The van der Waals surface area contributed by atoms with Gasteiger partial charge in [-0.15, -0.1) is 11.8 Å². The second kappa shape index (κ2) is 5.92. The van der Waals surface area contributed by atoms with Crippen molar-refractivity contribution in [3.63, 3.8) is 0 Å². The second-order valence-corrected chi connectivity index (χ2v) is 5.49. The molecule has 2 rings (SSSR count). The molecule has 0 aliphatic carbocycles. The molecule has 0 aliphatic heterocycles. The normalized spacial score (nSPS) is 10.5. The number of thioether (sulfide) groups is 1. The average Bonchev–Trinajstić information content (AvgIpc) is 2.38. The molecule has 0 fully saturated rings. The Morgan fingerprint density at radius 3 is 2.45 bits per heavy atom. The molecule has 0 aliphatic rings. The first-order valence-corrected chi connectivity index (χ1v) is 7.12. The van der Waals surface area contributed by atoms with Crippen molar-refractivity contribution < 1.29 is 9.90 Å². The van der Waals surface area contributed by atoms with E-state index in [0.717, 1.165) is 11.3 Å². The monoisotopic (exact) mass is 289 g/mol. The molecule has 0 unspecified atom stereocenters. The first kappa shape index (κ1) is 14.3. The van der Waals surface area contributed by atoms with Gasteiger partial charge in [-0.2, -0.15) is 0 Å². The van der Waals surface area contributed by atoms with Crippen molar-refractivity contribution in [2.24, 2.45) is 0 Å². The Morgan fingerprint density at radius 2 is 1.95 bits per heavy atom. The zero-order chi connectivity index (χ0) is 14.7. The Balaban J connectivity index is 2.40. The van der Waals surface area contributed by atoms with Gasteiger partial charge in [-0.3, -0.25) is 0 Å². The molecule has 20 heavy (non-hydrogen) atoms. The fourth-order valence-electron chi connectivity index (χ4n) is 1.86. The van der Waals surface area contributed by atoms with E-state index in [1.807, 2.05) is 24.3 Å². The van der Waals surface area contributed by atoms with Gasteiger partial charge in [-0.25, -0.2) is 14.8 Å². The summed E-state index contributed by atoms with van der Waals surface area (Å²) in [6.45, 7) is 3.71. The van der Waals surface area contributed by atoms with E-state index in [9.17, 15) is 4.79 Å². The first-order chi connectivity index (χ1) is 9.52. The maximum absolute atomic E-state index is 11.0. The summed E-state index contributed by atoms with van der Waals surface area (Å²) in [5.41, 5.74) is 6.85. The highest BCUT2D eigenvalue weighted by Crippen LogP contribution is 2.24. The number of hydrogen-bond donors (Lipinski definition) is 2. The molecule has 0 amide bonds. The third-order valence-corrected chi connectivity index (χ3v) is 3.65. The van der Waals surface area contributed by atoms with Crippen molar-refractivity contribution in [2.45, 2.75) is 18.7 Å². The highest BCUT2D eigenvalue weighted by molar-refractivity contribution is 7.99. The average molecular weight is 289 g/mol. The summed E-state index contributed by atoms with van der Waals surface area (Å²) in [4.78, 5) is 20.5. The van der Waals surface area contributed by atoms with Gasteiger partial charge in [-0.05, 0) is 24.8 Å². The minimum Gasteiger partial charge on any atom is -0.477 e. The highest BCUT2D eigenvalue weighted by atomic mass is 32.2. The van der Waals surface area contributed by atoms with Gasteiger partial charge in [0.05, 0.1) is 5.69 Å². The van der Waals surface area contributed by atoms with E-state index in [1.54, 1.807) is 18.7 Å². The largest absolute Gasteiger partial charge is 0.477 e. The summed E-state index contributed by atoms with van der Waals surface area (Å²) >= 11 is 1.75. The molecule has 0 atom stereocenters. The third kappa shape index (κ3) is 2.91. The zero-order valence-electron chi connectivity index (χ0n) is 11.3. The molecule has 0 saturated carbocycles. The minimum atomic E-state index is -1.11. The Hall–Kier alpha value is -2.08. The lowest BCUT2D eigenvalue weighted by molar-refractivity contribution is 0.0696. The fraction of sp³-hybridized carbons (Fsp3) is 0.214. The number of benzene rings is 1. The van der Waals surface area contributed by atoms with Gasteiger partial charge in [0.15, 0.2) is 5.82 Å². The quantitative estimate of drug-likeness (QED) is 0.841. The summed E-state index contributed by atoms with van der Waals surface area (Å²) in [6, 6.07) is 7.80. The van der Waals surface area contributed by atoms with Crippen LogP contribution in [0.15, 0.2) is 29.2 Å². The lowest BCUT2D eigenvalue weighted by Gasteiger charge is -2.07. The summed E-state index contributed by atoms with van der Waals surface area (Å²) in [7, 11) is 0. The Morgan fingerprint density at radius 1 is 1.30 bits per heavy atom. The van der Waals surface area contributed by atoms with Gasteiger partial charge in [0.2, 0.25) is 0 Å². The predicted octanol–water partition coefficient (Wildman–Crippen LogP) is 2.84. The van der Waals surface area contributed by atoms with E-state index in [4.69, 9.17) is 10.8 Å². The number of carboxylic acids is 1. The van der Waals surface area contributed by atoms with Gasteiger partial charge in [0.25, 0.3) is 0 Å². The van der Waals surface area contributed by atoms with E-state index in [-0.39, 0.29) is 11.4 Å². The van der Waals surface area contributed by atoms with Crippen LogP contribution >= 0.6 is 11.8 Å². The van der Waals surface area contributed by atoms with Crippen molar-refractivity contribution in [1.29, 1.82) is 0 Å². The summed E-state index contributed by atoms with van der Waals surface area (Å²) < 4.78 is 0. The van der Waals surface area contributed by atoms with Crippen LogP contribution in [0.5, 0.6) is 0 Å². The zero-order valence-corrected chi connectivity index (χ0v) is 12.1. The molecular weight excluding hydrogens is 274 g/mol. The maximum atomic E-state index is 11.0. The van der Waals surface area contributed by atoms with Crippen LogP contribution in [0.1, 0.15) is 23.0 Å². The van der Waals surface area contributed by atoms with Crippen LogP contribution in [0.25, 0.3) is 11.4 Å². The van der Waals surface area contributed by atoms with Crippen LogP contribution in [0, 0.1) is 6.92 Å². The molecule has 1 heterocycles. The van der Waals surface area contributed by atoms with Gasteiger partial charge >= 0.3 is 5.97 Å². The van der Waals surface area contributed by atoms with Gasteiger partial charge in [0, 0.05) is 10.5 Å². The van der Waals surface area contributed by atoms with Crippen molar-refractivity contribution in [3.05, 3.63) is 35.5 Å². The molecule has 0 bridgehead atoms. The molecule has 6 heteroatoms. The number of nitrogens with zero attached hydrogens (tertiary/aromatic N) is 2. The third-order valence-electron chi connectivity index (χ3n) is 2.76. The molecule has 0 saturated heterocycles. The van der Waals surface area contributed by atoms with E-state index < -0.39 is 5.97 Å². The highest BCUT2D eigenvalue weighted by Gasteiger charge is 2.16. The topological polar surface area (TPSA) is 89.1 Å². The molecule has 104 valence electrons. The summed E-state index contributed by atoms with van der Waals surface area (Å²) in [5, 5.41) is 9.04. The van der Waals surface area contributed by atoms with E-state index in [1.165, 1.54) is 4.90 Å². The number of aryl methyl sites for hydroxylation is 1. The molecule has 5 nitrogen and oxygen atoms in total. The molecule has 2 aromatic rings. The number of carboxylic acid groups (broad SMARTS) is 1. The Bertz CT molecular complexity index is 618. The standard InChI is InChI=1S/C14H15N3O2S/c1-3-20-10-6-4-9(5-7-10)13-16-8(2)11(14(18)19)12(15)17-13/h4-7H,3H2,1-2H3,(H,18,19)(H2,15,16,17). The lowest BCUT2D eigenvalue weighted by atomic mass is 10.1. The van der Waals surface area contributed by atoms with Gasteiger partial charge in [-0.1, -0.05) is 19.1 Å².